The van der Waals surface area contributed by atoms with Crippen molar-refractivity contribution in [3.8, 4) is 5.75 Å². The highest BCUT2D eigenvalue weighted by Crippen LogP contribution is 2.50. The summed E-state index contributed by atoms with van der Waals surface area (Å²) < 4.78 is 20.2. The normalized spacial score (nSPS) is 19.2. The smallest absolute Gasteiger partial charge is 0.335 e. The van der Waals surface area contributed by atoms with Gasteiger partial charge in [-0.2, -0.15) is 0 Å². The van der Waals surface area contributed by atoms with Crippen molar-refractivity contribution in [2.24, 2.45) is 0 Å². The number of benzene rings is 5. The van der Waals surface area contributed by atoms with E-state index in [-0.39, 0.29) is 29.8 Å². The Kier molecular flexibility index (Phi) is 8.73. The summed E-state index contributed by atoms with van der Waals surface area (Å²) >= 11 is 3.48. The second kappa shape index (κ2) is 13.6. The number of halogens is 2. The van der Waals surface area contributed by atoms with Gasteiger partial charge in [-0.1, -0.05) is 88.7 Å². The molecule has 5 aromatic rings. The van der Waals surface area contributed by atoms with E-state index < -0.39 is 17.8 Å². The zero-order valence-electron chi connectivity index (χ0n) is 27.5. The quantitative estimate of drug-likeness (QED) is 0.133. The molecular formula is C42H33BrFN3O4. The molecule has 2 atom stereocenters. The number of anilines is 2. The standard InChI is InChI=1S/C42H33BrFN3O4/c43-30-13-16-38(51-25-26-11-14-31(44)15-12-26)29(21-30)22-37-40(48)45-42(50)47(41(37)49)32-23-35-33(27-7-3-1-4-8-27)17-19-46-20-18-34(36(24-32)39(35)46)28-9-5-2-6-10-28/h1-16,21-24,33-34H,17-20,25H2,(H,45,48,50)/b37-22+/t33-,34-/m1/s1. The molecular weight excluding hydrogens is 709 g/mol. The first-order valence-corrected chi connectivity index (χ1v) is 17.7. The SMILES string of the molecule is O=C1NC(=O)N(c2cc3c4c(c2)[C@@H](c2ccccc2)CCN4CC[C@@H]3c2ccccc2)C(=O)/C1=C/c1cc(Br)ccc1OCc1ccc(F)cc1. The van der Waals surface area contributed by atoms with Crippen LogP contribution in [-0.2, 0) is 16.2 Å². The number of rotatable bonds is 7. The third-order valence-electron chi connectivity index (χ3n) is 9.94. The zero-order valence-corrected chi connectivity index (χ0v) is 29.1. The maximum Gasteiger partial charge on any atom is 0.335 e. The molecule has 4 amide bonds. The zero-order chi connectivity index (χ0) is 35.1. The van der Waals surface area contributed by atoms with Crippen molar-refractivity contribution in [1.82, 2.24) is 5.32 Å². The molecule has 1 saturated heterocycles. The first-order chi connectivity index (χ1) is 24.8. The number of ether oxygens (including phenoxy) is 1. The maximum absolute atomic E-state index is 14.4. The summed E-state index contributed by atoms with van der Waals surface area (Å²) in [5.74, 6) is -1.33. The van der Waals surface area contributed by atoms with E-state index >= 15 is 0 Å². The van der Waals surface area contributed by atoms with E-state index in [1.54, 1.807) is 30.3 Å². The average Bonchev–Trinajstić information content (AvgIpc) is 3.14. The Morgan fingerprint density at radius 2 is 1.39 bits per heavy atom. The van der Waals surface area contributed by atoms with Gasteiger partial charge in [0.1, 0.15) is 23.7 Å². The predicted molar refractivity (Wildman–Crippen MR) is 198 cm³/mol. The van der Waals surface area contributed by atoms with Crippen LogP contribution >= 0.6 is 15.9 Å². The molecule has 0 bridgehead atoms. The number of barbiturate groups is 1. The molecule has 1 fully saturated rings. The molecule has 0 radical (unpaired) electrons. The van der Waals surface area contributed by atoms with E-state index in [1.807, 2.05) is 48.5 Å². The van der Waals surface area contributed by atoms with Crippen molar-refractivity contribution in [3.05, 3.63) is 165 Å². The van der Waals surface area contributed by atoms with Crippen LogP contribution in [0.1, 0.15) is 58.1 Å². The minimum Gasteiger partial charge on any atom is -0.488 e. The van der Waals surface area contributed by atoms with Crippen molar-refractivity contribution in [2.75, 3.05) is 22.9 Å². The van der Waals surface area contributed by atoms with Crippen LogP contribution in [0.4, 0.5) is 20.6 Å². The molecule has 51 heavy (non-hydrogen) atoms. The number of amides is 4. The van der Waals surface area contributed by atoms with Crippen molar-refractivity contribution >= 4 is 51.2 Å². The highest BCUT2D eigenvalue weighted by molar-refractivity contribution is 9.10. The monoisotopic (exact) mass is 741 g/mol. The van der Waals surface area contributed by atoms with E-state index in [1.165, 1.54) is 29.3 Å². The molecule has 3 aliphatic rings. The van der Waals surface area contributed by atoms with Gasteiger partial charge in [-0.25, -0.2) is 14.1 Å². The van der Waals surface area contributed by atoms with Crippen LogP contribution in [0.3, 0.4) is 0 Å². The second-order valence-corrected chi connectivity index (χ2v) is 13.9. The number of urea groups is 1. The highest BCUT2D eigenvalue weighted by atomic mass is 79.9. The van der Waals surface area contributed by atoms with E-state index in [4.69, 9.17) is 4.74 Å². The van der Waals surface area contributed by atoms with Gasteiger partial charge >= 0.3 is 6.03 Å². The first kappa shape index (κ1) is 32.7. The minimum atomic E-state index is -0.799. The second-order valence-electron chi connectivity index (χ2n) is 13.0. The fourth-order valence-electron chi connectivity index (χ4n) is 7.52. The summed E-state index contributed by atoms with van der Waals surface area (Å²) in [4.78, 5) is 44.9. The van der Waals surface area contributed by atoms with Crippen LogP contribution in [0.15, 0.2) is 125 Å². The Labute approximate surface area is 303 Å². The number of nitrogens with zero attached hydrogens (tertiary/aromatic N) is 2. The van der Waals surface area contributed by atoms with Gasteiger partial charge in [0.25, 0.3) is 11.8 Å². The van der Waals surface area contributed by atoms with Gasteiger partial charge in [0, 0.05) is 40.6 Å². The summed E-state index contributed by atoms with van der Waals surface area (Å²) in [6.45, 7) is 1.95. The predicted octanol–water partition coefficient (Wildman–Crippen LogP) is 8.71. The number of nitrogens with one attached hydrogen (secondary N) is 1. The fraction of sp³-hybridized carbons (Fsp3) is 0.167. The van der Waals surface area contributed by atoms with Crippen LogP contribution < -0.4 is 19.9 Å². The summed E-state index contributed by atoms with van der Waals surface area (Å²) in [7, 11) is 0. The van der Waals surface area contributed by atoms with Gasteiger partial charge in [-0.3, -0.25) is 14.9 Å². The molecule has 3 heterocycles. The van der Waals surface area contributed by atoms with Gasteiger partial charge < -0.3 is 9.64 Å². The summed E-state index contributed by atoms with van der Waals surface area (Å²) in [5, 5.41) is 2.41. The fourth-order valence-corrected chi connectivity index (χ4v) is 7.90. The molecule has 0 aliphatic carbocycles. The Balaban J connectivity index is 1.21. The molecule has 9 heteroatoms. The number of carbonyl (C=O) groups is 3. The Morgan fingerprint density at radius 1 is 0.784 bits per heavy atom. The molecule has 0 spiro atoms. The van der Waals surface area contributed by atoms with Gasteiger partial charge in [0.2, 0.25) is 0 Å². The molecule has 0 unspecified atom stereocenters. The first-order valence-electron chi connectivity index (χ1n) is 16.9. The number of imide groups is 2. The van der Waals surface area contributed by atoms with Crippen LogP contribution in [0.5, 0.6) is 5.75 Å². The lowest BCUT2D eigenvalue weighted by Crippen LogP contribution is -2.54. The van der Waals surface area contributed by atoms with Crippen molar-refractivity contribution in [2.45, 2.75) is 31.3 Å². The molecule has 5 aromatic carbocycles. The maximum atomic E-state index is 14.4. The lowest BCUT2D eigenvalue weighted by Gasteiger charge is -2.44. The third kappa shape index (κ3) is 6.34. The average molecular weight is 743 g/mol. The third-order valence-corrected chi connectivity index (χ3v) is 10.4. The van der Waals surface area contributed by atoms with E-state index in [9.17, 15) is 18.8 Å². The van der Waals surface area contributed by atoms with E-state index in [0.717, 1.165) is 53.2 Å². The molecule has 8 rings (SSSR count). The molecule has 3 aliphatic heterocycles. The highest BCUT2D eigenvalue weighted by Gasteiger charge is 2.40. The summed E-state index contributed by atoms with van der Waals surface area (Å²) in [6, 6.07) is 35.0. The van der Waals surface area contributed by atoms with E-state index in [2.05, 4.69) is 50.4 Å². The topological polar surface area (TPSA) is 79.0 Å². The van der Waals surface area contributed by atoms with E-state index in [0.29, 0.717) is 21.5 Å². The molecule has 254 valence electrons. The number of hydrogen-bond acceptors (Lipinski definition) is 5. The lowest BCUT2D eigenvalue weighted by atomic mass is 9.76. The summed E-state index contributed by atoms with van der Waals surface area (Å²) in [6.07, 6.45) is 3.23. The van der Waals surface area contributed by atoms with Gasteiger partial charge in [0.15, 0.2) is 0 Å². The Morgan fingerprint density at radius 3 is 2.00 bits per heavy atom. The van der Waals surface area contributed by atoms with Crippen LogP contribution in [0.25, 0.3) is 6.08 Å². The minimum absolute atomic E-state index is 0.0627. The number of hydrogen-bond donors (Lipinski definition) is 1. The molecule has 0 aromatic heterocycles. The van der Waals surface area contributed by atoms with Gasteiger partial charge in [0.05, 0.1) is 5.69 Å². The van der Waals surface area contributed by atoms with Crippen LogP contribution in [0, 0.1) is 5.82 Å². The Hall–Kier alpha value is -5.54. The lowest BCUT2D eigenvalue weighted by molar-refractivity contribution is -0.122. The van der Waals surface area contributed by atoms with Crippen molar-refractivity contribution < 1.29 is 23.5 Å². The molecule has 0 saturated carbocycles. The number of carbonyl (C=O) groups excluding carboxylic acids is 3. The van der Waals surface area contributed by atoms with Gasteiger partial charge in [-0.05, 0) is 89.2 Å². The van der Waals surface area contributed by atoms with Gasteiger partial charge in [-0.15, -0.1) is 0 Å². The Bertz CT molecular complexity index is 2120. The van der Waals surface area contributed by atoms with Crippen LogP contribution in [-0.4, -0.2) is 30.9 Å². The van der Waals surface area contributed by atoms with Crippen LogP contribution in [0.2, 0.25) is 0 Å². The largest absolute Gasteiger partial charge is 0.488 e. The van der Waals surface area contributed by atoms with Crippen molar-refractivity contribution in [3.63, 3.8) is 0 Å². The summed E-state index contributed by atoms with van der Waals surface area (Å²) in [5.41, 5.74) is 7.05. The molecule has 7 nitrogen and oxygen atoms in total. The molecule has 1 N–H and O–H groups in total. The van der Waals surface area contributed by atoms with Crippen molar-refractivity contribution in [1.29, 1.82) is 0 Å².